The van der Waals surface area contributed by atoms with Crippen molar-refractivity contribution in [2.24, 2.45) is 0 Å². The van der Waals surface area contributed by atoms with Gasteiger partial charge in [0.25, 0.3) is 5.91 Å². The minimum atomic E-state index is -3.65. The summed E-state index contributed by atoms with van der Waals surface area (Å²) in [7, 11) is -3.65. The van der Waals surface area contributed by atoms with E-state index in [1.165, 1.54) is 22.6 Å². The van der Waals surface area contributed by atoms with E-state index >= 15 is 0 Å². The summed E-state index contributed by atoms with van der Waals surface area (Å²) in [6.45, 7) is 5.44. The maximum atomic E-state index is 13.2. The topological polar surface area (TPSA) is 78.0 Å². The van der Waals surface area contributed by atoms with Gasteiger partial charge in [0.1, 0.15) is 0 Å². The van der Waals surface area contributed by atoms with Crippen LogP contribution in [0.4, 0.5) is 5.69 Å². The van der Waals surface area contributed by atoms with Crippen LogP contribution in [0.1, 0.15) is 33.5 Å². The van der Waals surface area contributed by atoms with E-state index in [0.29, 0.717) is 24.5 Å². The second kappa shape index (κ2) is 8.13. The molecule has 0 unspecified atom stereocenters. The Morgan fingerprint density at radius 1 is 1.00 bits per heavy atom. The molecule has 0 aliphatic carbocycles. The zero-order valence-electron chi connectivity index (χ0n) is 17.1. The number of aryl methyl sites for hydroxylation is 2. The summed E-state index contributed by atoms with van der Waals surface area (Å²) in [5, 5.41) is 0. The monoisotopic (exact) mass is 447 g/mol. The molecule has 30 heavy (non-hydrogen) atoms. The molecule has 1 fully saturated rings. The third-order valence-electron chi connectivity index (χ3n) is 5.66. The largest absolute Gasteiger partial charge is 0.335 e. The van der Waals surface area contributed by atoms with Gasteiger partial charge in [-0.1, -0.05) is 0 Å². The first-order valence-corrected chi connectivity index (χ1v) is 12.3. The molecular weight excluding hydrogens is 422 g/mol. The number of piperazine rings is 1. The van der Waals surface area contributed by atoms with Crippen LogP contribution in [0.2, 0.25) is 0 Å². The number of rotatable bonds is 3. The molecule has 4 rings (SSSR count). The molecule has 0 N–H and O–H groups in total. The predicted octanol–water partition coefficient (Wildman–Crippen LogP) is 2.50. The Labute approximate surface area is 180 Å². The molecule has 0 spiro atoms. The van der Waals surface area contributed by atoms with Crippen LogP contribution in [0.3, 0.4) is 0 Å². The number of carbonyl (C=O) groups excluding carboxylic acids is 2. The average Bonchev–Trinajstić information content (AvgIpc) is 3.18. The highest BCUT2D eigenvalue weighted by Gasteiger charge is 2.32. The van der Waals surface area contributed by atoms with Crippen molar-refractivity contribution < 1.29 is 18.0 Å². The Kier molecular flexibility index (Phi) is 5.69. The van der Waals surface area contributed by atoms with E-state index in [-0.39, 0.29) is 29.8 Å². The molecule has 3 heterocycles. The molecule has 0 atom stereocenters. The Morgan fingerprint density at radius 3 is 2.37 bits per heavy atom. The van der Waals surface area contributed by atoms with Gasteiger partial charge >= 0.3 is 0 Å². The summed E-state index contributed by atoms with van der Waals surface area (Å²) >= 11 is 1.46. The van der Waals surface area contributed by atoms with Crippen molar-refractivity contribution in [3.05, 3.63) is 45.6 Å². The highest BCUT2D eigenvalue weighted by molar-refractivity contribution is 7.89. The normalized spacial score (nSPS) is 17.7. The van der Waals surface area contributed by atoms with Gasteiger partial charge in [0.05, 0.1) is 9.77 Å². The molecule has 2 aliphatic heterocycles. The second-order valence-corrected chi connectivity index (χ2v) is 10.9. The lowest BCUT2D eigenvalue weighted by Crippen LogP contribution is -2.50. The van der Waals surface area contributed by atoms with Gasteiger partial charge in [0, 0.05) is 50.2 Å². The third-order valence-corrected chi connectivity index (χ3v) is 8.55. The van der Waals surface area contributed by atoms with Crippen LogP contribution in [0.5, 0.6) is 0 Å². The van der Waals surface area contributed by atoms with Gasteiger partial charge in [-0.2, -0.15) is 4.31 Å². The summed E-state index contributed by atoms with van der Waals surface area (Å²) in [4.78, 5) is 29.9. The molecular formula is C21H25N3O4S2. The Balaban J connectivity index is 1.48. The van der Waals surface area contributed by atoms with Gasteiger partial charge in [-0.05, 0) is 55.7 Å². The summed E-state index contributed by atoms with van der Waals surface area (Å²) in [6, 6.07) is 8.76. The molecule has 7 nitrogen and oxygen atoms in total. The fourth-order valence-electron chi connectivity index (χ4n) is 4.05. The number of nitrogens with zero attached hydrogens (tertiary/aromatic N) is 3. The molecule has 0 radical (unpaired) electrons. The molecule has 1 saturated heterocycles. The summed E-state index contributed by atoms with van der Waals surface area (Å²) in [5.74, 6) is -0.0727. The lowest BCUT2D eigenvalue weighted by molar-refractivity contribution is -0.116. The number of benzene rings is 1. The van der Waals surface area contributed by atoms with E-state index in [1.54, 1.807) is 28.0 Å². The molecule has 1 aromatic heterocycles. The quantitative estimate of drug-likeness (QED) is 0.724. The third kappa shape index (κ3) is 3.89. The fraction of sp³-hybridized carbons (Fsp3) is 0.429. The van der Waals surface area contributed by atoms with Gasteiger partial charge in [-0.15, -0.1) is 11.3 Å². The molecule has 1 aromatic carbocycles. The van der Waals surface area contributed by atoms with Crippen molar-refractivity contribution in [3.63, 3.8) is 0 Å². The van der Waals surface area contributed by atoms with Crippen molar-refractivity contribution >= 4 is 38.9 Å². The number of fused-ring (bicyclic) bond motifs is 1. The van der Waals surface area contributed by atoms with Crippen molar-refractivity contribution in [1.29, 1.82) is 0 Å². The minimum Gasteiger partial charge on any atom is -0.335 e. The van der Waals surface area contributed by atoms with Gasteiger partial charge < -0.3 is 9.80 Å². The molecule has 0 saturated carbocycles. The van der Waals surface area contributed by atoms with E-state index in [4.69, 9.17) is 0 Å². The van der Waals surface area contributed by atoms with Crippen LogP contribution in [0.25, 0.3) is 0 Å². The van der Waals surface area contributed by atoms with E-state index in [9.17, 15) is 18.0 Å². The number of carbonyl (C=O) groups is 2. The van der Waals surface area contributed by atoms with Crippen molar-refractivity contribution in [2.75, 3.05) is 37.6 Å². The SMILES string of the molecule is CC(=O)N1CCCc2cc(S(=O)(=O)N3CCN(C(=O)c4ccc(C)s4)CC3)ccc21. The molecule has 2 aliphatic rings. The van der Waals surface area contributed by atoms with Gasteiger partial charge in [-0.25, -0.2) is 8.42 Å². The first kappa shape index (κ1) is 21.0. The molecule has 0 bridgehead atoms. The highest BCUT2D eigenvalue weighted by Crippen LogP contribution is 2.31. The van der Waals surface area contributed by atoms with Crippen LogP contribution in [0.15, 0.2) is 35.2 Å². The fourth-order valence-corrected chi connectivity index (χ4v) is 6.36. The van der Waals surface area contributed by atoms with Crippen LogP contribution in [-0.2, 0) is 21.2 Å². The van der Waals surface area contributed by atoms with Crippen molar-refractivity contribution in [3.8, 4) is 0 Å². The lowest BCUT2D eigenvalue weighted by atomic mass is 10.0. The van der Waals surface area contributed by atoms with Crippen molar-refractivity contribution in [1.82, 2.24) is 9.21 Å². The summed E-state index contributed by atoms with van der Waals surface area (Å²) in [5.41, 5.74) is 1.69. The number of sulfonamides is 1. The Hall–Kier alpha value is -2.23. The Bertz CT molecular complexity index is 1090. The van der Waals surface area contributed by atoms with Crippen LogP contribution >= 0.6 is 11.3 Å². The zero-order valence-corrected chi connectivity index (χ0v) is 18.8. The maximum Gasteiger partial charge on any atom is 0.264 e. The average molecular weight is 448 g/mol. The number of hydrogen-bond acceptors (Lipinski definition) is 5. The van der Waals surface area contributed by atoms with Gasteiger partial charge in [0.15, 0.2) is 0 Å². The van der Waals surface area contributed by atoms with Gasteiger partial charge in [-0.3, -0.25) is 9.59 Å². The van der Waals surface area contributed by atoms with Crippen LogP contribution in [0, 0.1) is 6.92 Å². The molecule has 2 aromatic rings. The lowest BCUT2D eigenvalue weighted by Gasteiger charge is -2.34. The highest BCUT2D eigenvalue weighted by atomic mass is 32.2. The number of anilines is 1. The minimum absolute atomic E-state index is 0.0340. The zero-order chi connectivity index (χ0) is 21.5. The Morgan fingerprint density at radius 2 is 1.73 bits per heavy atom. The molecule has 160 valence electrons. The summed E-state index contributed by atoms with van der Waals surface area (Å²) in [6.07, 6.45) is 1.57. The second-order valence-electron chi connectivity index (χ2n) is 7.67. The first-order chi connectivity index (χ1) is 14.3. The van der Waals surface area contributed by atoms with Crippen LogP contribution < -0.4 is 4.90 Å². The van der Waals surface area contributed by atoms with Gasteiger partial charge in [0.2, 0.25) is 15.9 Å². The smallest absolute Gasteiger partial charge is 0.264 e. The predicted molar refractivity (Wildman–Crippen MR) is 117 cm³/mol. The maximum absolute atomic E-state index is 13.2. The molecule has 9 heteroatoms. The number of thiophene rings is 1. The molecule has 2 amide bonds. The first-order valence-electron chi connectivity index (χ1n) is 10.0. The van der Waals surface area contributed by atoms with Crippen LogP contribution in [-0.4, -0.2) is 62.2 Å². The van der Waals surface area contributed by atoms with Crippen molar-refractivity contribution in [2.45, 2.75) is 31.6 Å². The van der Waals surface area contributed by atoms with E-state index in [1.807, 2.05) is 19.1 Å². The summed E-state index contributed by atoms with van der Waals surface area (Å²) < 4.78 is 27.8. The number of hydrogen-bond donors (Lipinski definition) is 0. The number of amides is 2. The van der Waals surface area contributed by atoms with E-state index in [0.717, 1.165) is 29.0 Å². The standard InChI is InChI=1S/C21H25N3O4S2/c1-15-5-8-20(29-15)21(26)22-10-12-23(13-11-22)30(27,28)18-6-7-19-17(14-18)4-3-9-24(19)16(2)25/h5-8,14H,3-4,9-13H2,1-2H3. The van der Waals surface area contributed by atoms with E-state index in [2.05, 4.69) is 0 Å². The van der Waals surface area contributed by atoms with E-state index < -0.39 is 10.0 Å².